The number of allylic oxidation sites excluding steroid dienone is 1. The Morgan fingerprint density at radius 3 is 2.89 bits per heavy atom. The number of rotatable bonds is 1. The normalized spacial score (nSPS) is 16.0. The van der Waals surface area contributed by atoms with Crippen LogP contribution in [0.1, 0.15) is 12.0 Å². The minimum atomic E-state index is -0.0600. The van der Waals surface area contributed by atoms with E-state index in [1.54, 1.807) is 10.8 Å². The molecule has 2 aromatic carbocycles. The summed E-state index contributed by atoms with van der Waals surface area (Å²) in [5.41, 5.74) is 5.25. The van der Waals surface area contributed by atoms with E-state index in [1.807, 2.05) is 48.6 Å². The summed E-state index contributed by atoms with van der Waals surface area (Å²) in [7, 11) is 0. The smallest absolute Gasteiger partial charge is 0.276 e. The lowest BCUT2D eigenvalue weighted by atomic mass is 10.1. The molecule has 0 amide bonds. The van der Waals surface area contributed by atoms with Crippen molar-refractivity contribution in [1.82, 2.24) is 14.5 Å². The summed E-state index contributed by atoms with van der Waals surface area (Å²) in [5.74, 6) is 1.21. The van der Waals surface area contributed by atoms with Crippen LogP contribution in [0.2, 0.25) is 0 Å². The van der Waals surface area contributed by atoms with Crippen molar-refractivity contribution < 1.29 is 4.74 Å². The van der Waals surface area contributed by atoms with Crippen LogP contribution in [-0.4, -0.2) is 34.2 Å². The molecule has 2 aliphatic rings. The highest BCUT2D eigenvalue weighted by Crippen LogP contribution is 2.36. The SMILES string of the molecule is Cc1cccc2c1NCCN2c1cc2cnc3nc2n(c1=O)CC/C=C\COc1cccc(c1)N3. The third kappa shape index (κ3) is 3.97. The summed E-state index contributed by atoms with van der Waals surface area (Å²) in [6, 6.07) is 15.8. The van der Waals surface area contributed by atoms with Gasteiger partial charge in [-0.2, -0.15) is 4.98 Å². The van der Waals surface area contributed by atoms with Crippen LogP contribution in [0.15, 0.2) is 71.7 Å². The molecule has 8 heteroatoms. The highest BCUT2D eigenvalue weighted by Gasteiger charge is 2.23. The van der Waals surface area contributed by atoms with Gasteiger partial charge in [-0.1, -0.05) is 30.4 Å². The van der Waals surface area contributed by atoms with Crippen LogP contribution >= 0.6 is 0 Å². The molecule has 4 bridgehead atoms. The molecule has 0 unspecified atom stereocenters. The average molecular weight is 467 g/mol. The number of para-hydroxylation sites is 1. The largest absolute Gasteiger partial charge is 0.489 e. The van der Waals surface area contributed by atoms with E-state index in [-0.39, 0.29) is 5.56 Å². The van der Waals surface area contributed by atoms with Gasteiger partial charge in [-0.05, 0) is 43.2 Å². The number of benzene rings is 2. The van der Waals surface area contributed by atoms with E-state index in [0.29, 0.717) is 43.4 Å². The molecule has 0 fully saturated rings. The summed E-state index contributed by atoms with van der Waals surface area (Å²) in [6.07, 6.45) is 6.50. The number of nitrogens with one attached hydrogen (secondary N) is 2. The van der Waals surface area contributed by atoms with Crippen molar-refractivity contribution in [2.75, 3.05) is 35.2 Å². The molecule has 0 saturated carbocycles. The van der Waals surface area contributed by atoms with Crippen LogP contribution in [0, 0.1) is 6.92 Å². The lowest BCUT2D eigenvalue weighted by molar-refractivity contribution is 0.362. The van der Waals surface area contributed by atoms with E-state index in [2.05, 4.69) is 39.6 Å². The third-order valence-electron chi connectivity index (χ3n) is 6.40. The molecule has 4 heterocycles. The molecule has 0 aliphatic carbocycles. The van der Waals surface area contributed by atoms with Gasteiger partial charge in [0, 0.05) is 43.0 Å². The summed E-state index contributed by atoms with van der Waals surface area (Å²) >= 11 is 0. The van der Waals surface area contributed by atoms with E-state index >= 15 is 0 Å². The second-order valence-electron chi connectivity index (χ2n) is 8.73. The fourth-order valence-corrected chi connectivity index (χ4v) is 4.70. The number of pyridine rings is 1. The lowest BCUT2D eigenvalue weighted by Gasteiger charge is -2.33. The molecule has 0 radical (unpaired) electrons. The van der Waals surface area contributed by atoms with Crippen molar-refractivity contribution in [2.45, 2.75) is 19.9 Å². The quantitative estimate of drug-likeness (QED) is 0.392. The maximum absolute atomic E-state index is 13.9. The Kier molecular flexibility index (Phi) is 5.33. The Bertz CT molecular complexity index is 1510. The third-order valence-corrected chi connectivity index (χ3v) is 6.40. The average Bonchev–Trinajstić information content (AvgIpc) is 2.87. The van der Waals surface area contributed by atoms with Crippen LogP contribution in [0.25, 0.3) is 11.0 Å². The standard InChI is InChI=1S/C27H26N6O2/c1-18-7-5-10-22-24(18)28-11-13-32(22)23-15-19-17-29-27-30-20-8-6-9-21(16-20)35-14-4-2-3-12-33(26(23)34)25(19)31-27/h2,4-10,15-17,28H,3,11-14H2,1H3,(H,29,30,31)/b4-2-. The van der Waals surface area contributed by atoms with Gasteiger partial charge in [-0.3, -0.25) is 9.36 Å². The Balaban J connectivity index is 1.50. The highest BCUT2D eigenvalue weighted by molar-refractivity contribution is 5.85. The second kappa shape index (κ2) is 8.79. The number of fused-ring (bicyclic) bond motifs is 4. The molecular formula is C27H26N6O2. The van der Waals surface area contributed by atoms with Crippen LogP contribution in [0.3, 0.4) is 0 Å². The Hall–Kier alpha value is -4.33. The van der Waals surface area contributed by atoms with Crippen molar-refractivity contribution in [2.24, 2.45) is 0 Å². The molecule has 2 aliphatic heterocycles. The van der Waals surface area contributed by atoms with Crippen molar-refractivity contribution >= 4 is 39.7 Å². The predicted octanol–water partition coefficient (Wildman–Crippen LogP) is 4.75. The molecule has 176 valence electrons. The number of hydrogen-bond acceptors (Lipinski definition) is 7. The Morgan fingerprint density at radius 2 is 1.94 bits per heavy atom. The molecule has 0 saturated heterocycles. The fraction of sp³-hybridized carbons (Fsp3) is 0.222. The van der Waals surface area contributed by atoms with E-state index in [9.17, 15) is 4.79 Å². The number of ether oxygens (including phenoxy) is 1. The van der Waals surface area contributed by atoms with Gasteiger partial charge in [0.15, 0.2) is 0 Å². The summed E-state index contributed by atoms with van der Waals surface area (Å²) in [6.45, 7) is 4.51. The second-order valence-corrected chi connectivity index (χ2v) is 8.73. The number of aromatic nitrogens is 3. The number of hydrogen-bond donors (Lipinski definition) is 2. The molecular weight excluding hydrogens is 440 g/mol. The van der Waals surface area contributed by atoms with Gasteiger partial charge in [0.2, 0.25) is 5.95 Å². The first kappa shape index (κ1) is 21.2. The molecule has 35 heavy (non-hydrogen) atoms. The Labute approximate surface area is 202 Å². The molecule has 0 atom stereocenters. The number of nitrogens with zero attached hydrogens (tertiary/aromatic N) is 4. The van der Waals surface area contributed by atoms with Crippen molar-refractivity contribution in [1.29, 1.82) is 0 Å². The van der Waals surface area contributed by atoms with E-state index in [0.717, 1.165) is 40.3 Å². The maximum Gasteiger partial charge on any atom is 0.276 e. The molecule has 0 spiro atoms. The first-order valence-corrected chi connectivity index (χ1v) is 11.8. The van der Waals surface area contributed by atoms with Gasteiger partial charge in [0.1, 0.15) is 23.7 Å². The zero-order valence-corrected chi connectivity index (χ0v) is 19.5. The van der Waals surface area contributed by atoms with E-state index in [1.165, 1.54) is 0 Å². The maximum atomic E-state index is 13.9. The summed E-state index contributed by atoms with van der Waals surface area (Å²) in [4.78, 5) is 25.3. The zero-order chi connectivity index (χ0) is 23.8. The minimum absolute atomic E-state index is 0.0600. The predicted molar refractivity (Wildman–Crippen MR) is 139 cm³/mol. The van der Waals surface area contributed by atoms with E-state index < -0.39 is 0 Å². The Morgan fingerprint density at radius 1 is 1.03 bits per heavy atom. The minimum Gasteiger partial charge on any atom is -0.489 e. The van der Waals surface area contributed by atoms with Crippen molar-refractivity contribution in [3.05, 3.63) is 82.8 Å². The molecule has 8 nitrogen and oxygen atoms in total. The van der Waals surface area contributed by atoms with Gasteiger partial charge < -0.3 is 20.3 Å². The van der Waals surface area contributed by atoms with Crippen LogP contribution in [0.5, 0.6) is 5.75 Å². The van der Waals surface area contributed by atoms with Crippen LogP contribution < -0.4 is 25.8 Å². The molecule has 4 aromatic rings. The number of aryl methyl sites for hydroxylation is 2. The van der Waals surface area contributed by atoms with Crippen LogP contribution in [0.4, 0.5) is 28.7 Å². The van der Waals surface area contributed by atoms with Crippen molar-refractivity contribution in [3.63, 3.8) is 0 Å². The highest BCUT2D eigenvalue weighted by atomic mass is 16.5. The fourth-order valence-electron chi connectivity index (χ4n) is 4.70. The zero-order valence-electron chi connectivity index (χ0n) is 19.5. The van der Waals surface area contributed by atoms with Crippen LogP contribution in [-0.2, 0) is 6.54 Å². The topological polar surface area (TPSA) is 84.3 Å². The number of anilines is 5. The molecule has 6 rings (SSSR count). The van der Waals surface area contributed by atoms with Gasteiger partial charge in [-0.15, -0.1) is 0 Å². The van der Waals surface area contributed by atoms with Crippen molar-refractivity contribution in [3.8, 4) is 5.75 Å². The molecule has 2 aromatic heterocycles. The van der Waals surface area contributed by atoms with Gasteiger partial charge in [0.25, 0.3) is 5.56 Å². The van der Waals surface area contributed by atoms with Gasteiger partial charge in [-0.25, -0.2) is 4.98 Å². The van der Waals surface area contributed by atoms with E-state index in [4.69, 9.17) is 9.72 Å². The lowest BCUT2D eigenvalue weighted by Crippen LogP contribution is -2.36. The van der Waals surface area contributed by atoms with Gasteiger partial charge >= 0.3 is 0 Å². The molecule has 2 N–H and O–H groups in total. The summed E-state index contributed by atoms with van der Waals surface area (Å²) < 4.78 is 7.59. The first-order valence-electron chi connectivity index (χ1n) is 11.8. The first-order chi connectivity index (χ1) is 17.2. The summed E-state index contributed by atoms with van der Waals surface area (Å²) in [5, 5.41) is 7.55. The monoisotopic (exact) mass is 466 g/mol. The van der Waals surface area contributed by atoms with Gasteiger partial charge in [0.05, 0.1) is 11.4 Å².